The van der Waals surface area contributed by atoms with Gasteiger partial charge in [0.05, 0.1) is 19.9 Å². The van der Waals surface area contributed by atoms with E-state index >= 15 is 0 Å². The topological polar surface area (TPSA) is 60.7 Å². The molecule has 0 spiro atoms. The standard InChI is InChI=1S/C18H16BrNO4/c1-10-13-6-4-11(19)8-16(13)24-17(10)18(21)20-14-9-12(22-2)5-7-15(14)23-3/h4-9H,1-3H3,(H,20,21). The third kappa shape index (κ3) is 2.97. The number of rotatable bonds is 4. The molecule has 1 N–H and O–H groups in total. The zero-order valence-electron chi connectivity index (χ0n) is 13.5. The Morgan fingerprint density at radius 3 is 2.62 bits per heavy atom. The lowest BCUT2D eigenvalue weighted by Crippen LogP contribution is -2.13. The molecule has 24 heavy (non-hydrogen) atoms. The van der Waals surface area contributed by atoms with Gasteiger partial charge in [-0.3, -0.25) is 4.79 Å². The van der Waals surface area contributed by atoms with Gasteiger partial charge in [-0.15, -0.1) is 0 Å². The molecule has 3 rings (SSSR count). The van der Waals surface area contributed by atoms with E-state index in [4.69, 9.17) is 13.9 Å². The second kappa shape index (κ2) is 6.57. The number of halogens is 1. The number of benzene rings is 2. The maximum atomic E-state index is 12.6. The smallest absolute Gasteiger partial charge is 0.291 e. The SMILES string of the molecule is COc1ccc(OC)c(NC(=O)c2oc3cc(Br)ccc3c2C)c1. The van der Waals surface area contributed by atoms with Gasteiger partial charge in [0.25, 0.3) is 5.91 Å². The molecule has 0 unspecified atom stereocenters. The third-order valence-electron chi connectivity index (χ3n) is 3.76. The van der Waals surface area contributed by atoms with E-state index in [0.29, 0.717) is 22.8 Å². The minimum atomic E-state index is -0.341. The number of hydrogen-bond donors (Lipinski definition) is 1. The largest absolute Gasteiger partial charge is 0.497 e. The van der Waals surface area contributed by atoms with Crippen molar-refractivity contribution in [2.75, 3.05) is 19.5 Å². The fourth-order valence-electron chi connectivity index (χ4n) is 2.51. The van der Waals surface area contributed by atoms with Gasteiger partial charge >= 0.3 is 0 Å². The molecule has 0 atom stereocenters. The van der Waals surface area contributed by atoms with Crippen LogP contribution in [-0.2, 0) is 0 Å². The normalized spacial score (nSPS) is 10.7. The van der Waals surface area contributed by atoms with Crippen molar-refractivity contribution in [3.8, 4) is 11.5 Å². The first-order chi connectivity index (χ1) is 11.5. The molecule has 124 valence electrons. The number of anilines is 1. The Kier molecular flexibility index (Phi) is 4.49. The van der Waals surface area contributed by atoms with E-state index in [0.717, 1.165) is 15.4 Å². The molecule has 0 radical (unpaired) electrons. The van der Waals surface area contributed by atoms with E-state index < -0.39 is 0 Å². The first-order valence-corrected chi connectivity index (χ1v) is 8.05. The summed E-state index contributed by atoms with van der Waals surface area (Å²) in [6.45, 7) is 1.86. The highest BCUT2D eigenvalue weighted by Gasteiger charge is 2.19. The van der Waals surface area contributed by atoms with Crippen LogP contribution in [0.5, 0.6) is 11.5 Å². The average molecular weight is 390 g/mol. The van der Waals surface area contributed by atoms with Gasteiger partial charge in [-0.2, -0.15) is 0 Å². The lowest BCUT2D eigenvalue weighted by Gasteiger charge is -2.11. The van der Waals surface area contributed by atoms with Crippen molar-refractivity contribution < 1.29 is 18.7 Å². The van der Waals surface area contributed by atoms with Crippen molar-refractivity contribution in [3.05, 3.63) is 52.2 Å². The number of amides is 1. The van der Waals surface area contributed by atoms with Gasteiger partial charge in [0, 0.05) is 21.5 Å². The average Bonchev–Trinajstić information content (AvgIpc) is 2.90. The Labute approximate surface area is 147 Å². The monoisotopic (exact) mass is 389 g/mol. The van der Waals surface area contributed by atoms with Crippen molar-refractivity contribution in [1.29, 1.82) is 0 Å². The second-order valence-electron chi connectivity index (χ2n) is 5.22. The summed E-state index contributed by atoms with van der Waals surface area (Å²) in [6.07, 6.45) is 0. The fourth-order valence-corrected chi connectivity index (χ4v) is 2.85. The van der Waals surface area contributed by atoms with Crippen LogP contribution in [-0.4, -0.2) is 20.1 Å². The highest BCUT2D eigenvalue weighted by Crippen LogP contribution is 2.31. The van der Waals surface area contributed by atoms with Crippen LogP contribution in [0.25, 0.3) is 11.0 Å². The van der Waals surface area contributed by atoms with Gasteiger partial charge in [-0.1, -0.05) is 15.9 Å². The molecule has 6 heteroatoms. The summed E-state index contributed by atoms with van der Waals surface area (Å²) in [5.74, 6) is 1.09. The molecular formula is C18H16BrNO4. The van der Waals surface area contributed by atoms with Crippen LogP contribution < -0.4 is 14.8 Å². The van der Waals surface area contributed by atoms with Crippen LogP contribution in [0.2, 0.25) is 0 Å². The Morgan fingerprint density at radius 1 is 1.12 bits per heavy atom. The number of ether oxygens (including phenoxy) is 2. The Morgan fingerprint density at radius 2 is 1.92 bits per heavy atom. The van der Waals surface area contributed by atoms with Crippen molar-refractivity contribution in [3.63, 3.8) is 0 Å². The molecule has 1 amide bonds. The summed E-state index contributed by atoms with van der Waals surface area (Å²) in [4.78, 5) is 12.6. The van der Waals surface area contributed by atoms with Crippen molar-refractivity contribution in [2.24, 2.45) is 0 Å². The summed E-state index contributed by atoms with van der Waals surface area (Å²) in [6, 6.07) is 10.9. The maximum absolute atomic E-state index is 12.6. The van der Waals surface area contributed by atoms with Crippen molar-refractivity contribution in [2.45, 2.75) is 6.92 Å². The van der Waals surface area contributed by atoms with Crippen LogP contribution in [0, 0.1) is 6.92 Å². The highest BCUT2D eigenvalue weighted by molar-refractivity contribution is 9.10. The molecule has 0 saturated carbocycles. The number of aryl methyl sites for hydroxylation is 1. The predicted octanol–water partition coefficient (Wildman–Crippen LogP) is 4.77. The number of hydrogen-bond acceptors (Lipinski definition) is 4. The quantitative estimate of drug-likeness (QED) is 0.697. The van der Waals surface area contributed by atoms with Crippen LogP contribution >= 0.6 is 15.9 Å². The van der Waals surface area contributed by atoms with Gasteiger partial charge in [0.2, 0.25) is 0 Å². The second-order valence-corrected chi connectivity index (χ2v) is 6.13. The molecule has 0 aliphatic heterocycles. The van der Waals surface area contributed by atoms with E-state index in [1.54, 1.807) is 32.4 Å². The molecule has 0 aliphatic rings. The molecule has 0 aliphatic carbocycles. The number of carbonyl (C=O) groups is 1. The lowest BCUT2D eigenvalue weighted by molar-refractivity contribution is 0.0997. The lowest BCUT2D eigenvalue weighted by atomic mass is 10.1. The van der Waals surface area contributed by atoms with Crippen molar-refractivity contribution in [1.82, 2.24) is 0 Å². The number of methoxy groups -OCH3 is 2. The van der Waals surface area contributed by atoms with Gasteiger partial charge in [-0.05, 0) is 37.3 Å². The maximum Gasteiger partial charge on any atom is 0.291 e. The highest BCUT2D eigenvalue weighted by atomic mass is 79.9. The first kappa shape index (κ1) is 16.4. The molecule has 1 aromatic heterocycles. The van der Waals surface area contributed by atoms with Gasteiger partial charge in [0.1, 0.15) is 17.1 Å². The van der Waals surface area contributed by atoms with Gasteiger partial charge < -0.3 is 19.2 Å². The Bertz CT molecular complexity index is 917. The summed E-state index contributed by atoms with van der Waals surface area (Å²) < 4.78 is 17.1. The Hall–Kier alpha value is -2.47. The summed E-state index contributed by atoms with van der Waals surface area (Å²) in [7, 11) is 3.11. The van der Waals surface area contributed by atoms with Gasteiger partial charge in [-0.25, -0.2) is 0 Å². The summed E-state index contributed by atoms with van der Waals surface area (Å²) >= 11 is 3.40. The minimum Gasteiger partial charge on any atom is -0.497 e. The predicted molar refractivity (Wildman–Crippen MR) is 96.2 cm³/mol. The number of carbonyl (C=O) groups excluding carboxylic acids is 1. The van der Waals surface area contributed by atoms with Crippen molar-refractivity contribution >= 4 is 38.5 Å². The number of fused-ring (bicyclic) bond motifs is 1. The molecule has 0 fully saturated rings. The Balaban J connectivity index is 1.97. The molecule has 2 aromatic carbocycles. The zero-order chi connectivity index (χ0) is 17.3. The number of nitrogens with one attached hydrogen (secondary N) is 1. The minimum absolute atomic E-state index is 0.271. The van der Waals surface area contributed by atoms with Gasteiger partial charge in [0.15, 0.2) is 5.76 Å². The van der Waals surface area contributed by atoms with Crippen LogP contribution in [0.1, 0.15) is 16.1 Å². The van der Waals surface area contributed by atoms with Crippen LogP contribution in [0.3, 0.4) is 0 Å². The molecular weight excluding hydrogens is 374 g/mol. The van der Waals surface area contributed by atoms with E-state index in [2.05, 4.69) is 21.2 Å². The van der Waals surface area contributed by atoms with Crippen LogP contribution in [0.15, 0.2) is 45.3 Å². The third-order valence-corrected chi connectivity index (χ3v) is 4.25. The molecule has 1 heterocycles. The molecule has 0 saturated heterocycles. The van der Waals surface area contributed by atoms with E-state index in [1.165, 1.54) is 0 Å². The fraction of sp³-hybridized carbons (Fsp3) is 0.167. The van der Waals surface area contributed by atoms with E-state index in [1.807, 2.05) is 25.1 Å². The number of furan rings is 1. The van der Waals surface area contributed by atoms with E-state index in [-0.39, 0.29) is 11.7 Å². The first-order valence-electron chi connectivity index (χ1n) is 7.25. The molecule has 3 aromatic rings. The summed E-state index contributed by atoms with van der Waals surface area (Å²) in [5, 5.41) is 3.72. The molecule has 0 bridgehead atoms. The van der Waals surface area contributed by atoms with E-state index in [9.17, 15) is 4.79 Å². The van der Waals surface area contributed by atoms with Crippen LogP contribution in [0.4, 0.5) is 5.69 Å². The zero-order valence-corrected chi connectivity index (χ0v) is 15.1. The summed E-state index contributed by atoms with van der Waals surface area (Å²) in [5.41, 5.74) is 1.96. The molecule has 5 nitrogen and oxygen atoms in total.